The van der Waals surface area contributed by atoms with Crippen LogP contribution < -0.4 is 0 Å². The molecule has 1 unspecified atom stereocenters. The number of esters is 3. The van der Waals surface area contributed by atoms with Crippen molar-refractivity contribution in [3.05, 3.63) is 97.2 Å². The fourth-order valence-electron chi connectivity index (χ4n) is 8.27. The van der Waals surface area contributed by atoms with E-state index in [1.807, 2.05) is 0 Å². The number of hydrogen-bond donors (Lipinski definition) is 0. The van der Waals surface area contributed by atoms with Crippen LogP contribution in [0.15, 0.2) is 97.2 Å². The minimum absolute atomic E-state index is 0.0912. The van der Waals surface area contributed by atoms with E-state index in [1.165, 1.54) is 116 Å². The molecule has 0 saturated heterocycles. The molecule has 0 aliphatic heterocycles. The van der Waals surface area contributed by atoms with Gasteiger partial charge in [-0.15, -0.1) is 0 Å². The van der Waals surface area contributed by atoms with Gasteiger partial charge in [-0.2, -0.15) is 0 Å². The molecule has 0 rings (SSSR count). The van der Waals surface area contributed by atoms with Crippen molar-refractivity contribution in [2.45, 2.75) is 290 Å². The van der Waals surface area contributed by atoms with Crippen molar-refractivity contribution >= 4 is 17.9 Å². The van der Waals surface area contributed by atoms with Crippen molar-refractivity contribution in [2.24, 2.45) is 0 Å². The number of rotatable bonds is 54. The van der Waals surface area contributed by atoms with Crippen molar-refractivity contribution in [3.63, 3.8) is 0 Å². The SMILES string of the molecule is CC/C=C\C/C=C\C/C=C\C/C=C\CCCCCCC(=O)OC(COC(=O)CCCCCCC/C=C\CCC)COC(=O)CCCCCCCCCCCCCC/C=C\C/C=C\C/C=C\CCCCCCC. The minimum Gasteiger partial charge on any atom is -0.462 e. The van der Waals surface area contributed by atoms with E-state index in [9.17, 15) is 14.4 Å². The van der Waals surface area contributed by atoms with Gasteiger partial charge in [-0.05, 0) is 116 Å². The van der Waals surface area contributed by atoms with Gasteiger partial charge in [0.2, 0.25) is 0 Å². The summed E-state index contributed by atoms with van der Waals surface area (Å²) in [6, 6.07) is 0. The smallest absolute Gasteiger partial charge is 0.306 e. The highest BCUT2D eigenvalue weighted by Gasteiger charge is 2.19. The molecule has 412 valence electrons. The molecule has 0 fully saturated rings. The van der Waals surface area contributed by atoms with Gasteiger partial charge in [-0.1, -0.05) is 246 Å². The Balaban J connectivity index is 4.26. The van der Waals surface area contributed by atoms with Crippen molar-refractivity contribution in [1.29, 1.82) is 0 Å². The number of carbonyl (C=O) groups is 3. The van der Waals surface area contributed by atoms with Gasteiger partial charge in [-0.25, -0.2) is 0 Å². The molecule has 72 heavy (non-hydrogen) atoms. The summed E-state index contributed by atoms with van der Waals surface area (Å²) in [7, 11) is 0. The summed E-state index contributed by atoms with van der Waals surface area (Å²) >= 11 is 0. The predicted octanol–water partition coefficient (Wildman–Crippen LogP) is 20.5. The molecule has 1 atom stereocenters. The molecule has 0 spiro atoms. The summed E-state index contributed by atoms with van der Waals surface area (Å²) in [5.74, 6) is -0.925. The Kier molecular flexibility index (Phi) is 56.8. The highest BCUT2D eigenvalue weighted by molar-refractivity contribution is 5.71. The molecule has 6 heteroatoms. The zero-order valence-corrected chi connectivity index (χ0v) is 47.2. The molecule has 0 aromatic rings. The molecular weight excluding hydrogens is 889 g/mol. The average Bonchev–Trinajstić information content (AvgIpc) is 3.38. The predicted molar refractivity (Wildman–Crippen MR) is 311 cm³/mol. The second kappa shape index (κ2) is 59.9. The maximum absolute atomic E-state index is 12.8. The van der Waals surface area contributed by atoms with Gasteiger partial charge >= 0.3 is 17.9 Å². The number of hydrogen-bond acceptors (Lipinski definition) is 6. The third kappa shape index (κ3) is 57.2. The van der Waals surface area contributed by atoms with E-state index < -0.39 is 6.10 Å². The summed E-state index contributed by atoms with van der Waals surface area (Å²) in [4.78, 5) is 38.1. The van der Waals surface area contributed by atoms with Crippen LogP contribution in [0.3, 0.4) is 0 Å². The molecule has 6 nitrogen and oxygen atoms in total. The second-order valence-electron chi connectivity index (χ2n) is 19.9. The first kappa shape index (κ1) is 68.3. The lowest BCUT2D eigenvalue weighted by Crippen LogP contribution is -2.30. The van der Waals surface area contributed by atoms with Crippen LogP contribution in [-0.2, 0) is 28.6 Å². The second-order valence-corrected chi connectivity index (χ2v) is 19.9. The molecule has 0 aliphatic carbocycles. The van der Waals surface area contributed by atoms with E-state index in [-0.39, 0.29) is 31.1 Å². The van der Waals surface area contributed by atoms with E-state index in [2.05, 4.69) is 118 Å². The number of ether oxygens (including phenoxy) is 3. The Morgan fingerprint density at radius 3 is 0.917 bits per heavy atom. The Morgan fingerprint density at radius 1 is 0.292 bits per heavy atom. The molecular formula is C66H112O6. The largest absolute Gasteiger partial charge is 0.462 e. The van der Waals surface area contributed by atoms with Gasteiger partial charge < -0.3 is 14.2 Å². The highest BCUT2D eigenvalue weighted by Crippen LogP contribution is 2.15. The summed E-state index contributed by atoms with van der Waals surface area (Å²) in [5.41, 5.74) is 0. The van der Waals surface area contributed by atoms with Crippen LogP contribution in [0.5, 0.6) is 0 Å². The number of carbonyl (C=O) groups excluding carboxylic acids is 3. The number of allylic oxidation sites excluding steroid dienone is 16. The van der Waals surface area contributed by atoms with Gasteiger partial charge in [0.1, 0.15) is 13.2 Å². The summed E-state index contributed by atoms with van der Waals surface area (Å²) < 4.78 is 16.8. The first-order chi connectivity index (χ1) is 35.5. The van der Waals surface area contributed by atoms with E-state index in [0.29, 0.717) is 19.3 Å². The summed E-state index contributed by atoms with van der Waals surface area (Å²) in [6.45, 7) is 6.43. The maximum atomic E-state index is 12.8. The fourth-order valence-corrected chi connectivity index (χ4v) is 8.27. The average molecular weight is 1000 g/mol. The molecule has 0 aromatic carbocycles. The molecule has 0 saturated carbocycles. The standard InChI is InChI=1S/C66H112O6/c1-4-7-10-13-16-19-22-24-26-28-29-30-31-32-33-34-35-36-37-39-40-42-44-47-50-53-56-59-65(68)71-62-63(61-70-64(67)58-55-52-49-46-21-18-15-12-9-6-3)72-66(69)60-57-54-51-48-45-43-41-38-27-25-23-20-17-14-11-8-5-2/h8,11-12,15,17,20,22,24-25,27-29,31-32,41,43,63H,4-7,9-10,13-14,16,18-19,21,23,26,30,33-40,42,44-62H2,1-3H3/b11-8-,15-12-,20-17-,24-22-,27-25-,29-28-,32-31-,43-41-. The normalized spacial score (nSPS) is 12.8. The van der Waals surface area contributed by atoms with Gasteiger partial charge in [0.15, 0.2) is 6.10 Å². The van der Waals surface area contributed by atoms with Crippen LogP contribution in [-0.4, -0.2) is 37.2 Å². The van der Waals surface area contributed by atoms with E-state index >= 15 is 0 Å². The topological polar surface area (TPSA) is 78.9 Å². The first-order valence-electron chi connectivity index (χ1n) is 30.2. The molecule has 0 bridgehead atoms. The van der Waals surface area contributed by atoms with Crippen molar-refractivity contribution in [3.8, 4) is 0 Å². The Bertz CT molecular complexity index is 1430. The van der Waals surface area contributed by atoms with Crippen LogP contribution in [0.2, 0.25) is 0 Å². The van der Waals surface area contributed by atoms with Gasteiger partial charge in [0, 0.05) is 19.3 Å². The van der Waals surface area contributed by atoms with Crippen LogP contribution in [0, 0.1) is 0 Å². The Labute approximate surface area is 445 Å². The van der Waals surface area contributed by atoms with Crippen LogP contribution in [0.1, 0.15) is 284 Å². The lowest BCUT2D eigenvalue weighted by molar-refractivity contribution is -0.167. The lowest BCUT2D eigenvalue weighted by Gasteiger charge is -2.18. The minimum atomic E-state index is -0.795. The Hall–Kier alpha value is -3.67. The van der Waals surface area contributed by atoms with Crippen molar-refractivity contribution in [1.82, 2.24) is 0 Å². The fraction of sp³-hybridized carbons (Fsp3) is 0.712. The molecule has 0 heterocycles. The molecule has 0 N–H and O–H groups in total. The monoisotopic (exact) mass is 1000 g/mol. The highest BCUT2D eigenvalue weighted by atomic mass is 16.6. The summed E-state index contributed by atoms with van der Waals surface area (Å²) in [6.07, 6.45) is 79.9. The molecule has 0 radical (unpaired) electrons. The maximum Gasteiger partial charge on any atom is 0.306 e. The molecule has 0 amide bonds. The van der Waals surface area contributed by atoms with Crippen LogP contribution in [0.25, 0.3) is 0 Å². The number of unbranched alkanes of at least 4 members (excludes halogenated alkanes) is 27. The lowest BCUT2D eigenvalue weighted by atomic mass is 10.0. The van der Waals surface area contributed by atoms with E-state index in [1.54, 1.807) is 0 Å². The van der Waals surface area contributed by atoms with Crippen molar-refractivity contribution in [2.75, 3.05) is 13.2 Å². The van der Waals surface area contributed by atoms with Crippen molar-refractivity contribution < 1.29 is 28.6 Å². The zero-order valence-electron chi connectivity index (χ0n) is 47.2. The van der Waals surface area contributed by atoms with Crippen LogP contribution in [0.4, 0.5) is 0 Å². The Morgan fingerprint density at radius 2 is 0.569 bits per heavy atom. The quantitative estimate of drug-likeness (QED) is 0.0261. The van der Waals surface area contributed by atoms with E-state index in [0.717, 1.165) is 128 Å². The molecule has 0 aliphatic rings. The van der Waals surface area contributed by atoms with Gasteiger partial charge in [-0.3, -0.25) is 14.4 Å². The third-order valence-corrected chi connectivity index (χ3v) is 12.8. The zero-order chi connectivity index (χ0) is 52.2. The summed E-state index contributed by atoms with van der Waals surface area (Å²) in [5, 5.41) is 0. The van der Waals surface area contributed by atoms with Gasteiger partial charge in [0.25, 0.3) is 0 Å². The van der Waals surface area contributed by atoms with Gasteiger partial charge in [0.05, 0.1) is 0 Å². The van der Waals surface area contributed by atoms with E-state index in [4.69, 9.17) is 14.2 Å². The molecule has 0 aromatic heterocycles. The third-order valence-electron chi connectivity index (χ3n) is 12.8. The first-order valence-corrected chi connectivity index (χ1v) is 30.2. The van der Waals surface area contributed by atoms with Crippen LogP contribution >= 0.6 is 0 Å².